The molecule has 0 aromatic carbocycles. The highest BCUT2D eigenvalue weighted by atomic mass is 35.5. The summed E-state index contributed by atoms with van der Waals surface area (Å²) in [6.45, 7) is 6.80. The van der Waals surface area contributed by atoms with Crippen LogP contribution >= 0.6 is 11.6 Å². The smallest absolute Gasteiger partial charge is 0.291 e. The van der Waals surface area contributed by atoms with Crippen molar-refractivity contribution < 1.29 is 5.11 Å². The molecule has 118 valence electrons. The van der Waals surface area contributed by atoms with Crippen molar-refractivity contribution in [1.29, 1.82) is 0 Å². The largest absolute Gasteiger partial charge is 0.388 e. The van der Waals surface area contributed by atoms with Gasteiger partial charge in [0, 0.05) is 13.1 Å². The van der Waals surface area contributed by atoms with Crippen molar-refractivity contribution in [3.63, 3.8) is 0 Å². The van der Waals surface area contributed by atoms with E-state index in [-0.39, 0.29) is 12.1 Å². The highest BCUT2D eigenvalue weighted by Crippen LogP contribution is 2.30. The third-order valence-corrected chi connectivity index (χ3v) is 3.91. The molecule has 0 amide bonds. The summed E-state index contributed by atoms with van der Waals surface area (Å²) in [6, 6.07) is 0. The Balaban J connectivity index is 2.09. The average molecular weight is 314 g/mol. The lowest BCUT2D eigenvalue weighted by atomic mass is 9.94. The van der Waals surface area contributed by atoms with Gasteiger partial charge in [0.25, 0.3) is 5.56 Å². The summed E-state index contributed by atoms with van der Waals surface area (Å²) in [5.41, 5.74) is -0.764. The molecule has 1 aliphatic rings. The predicted molar refractivity (Wildman–Crippen MR) is 84.8 cm³/mol. The fourth-order valence-electron chi connectivity index (χ4n) is 2.53. The quantitative estimate of drug-likeness (QED) is 0.811. The van der Waals surface area contributed by atoms with E-state index in [1.807, 2.05) is 0 Å². The summed E-state index contributed by atoms with van der Waals surface area (Å²) >= 11 is 6.07. The number of rotatable bonds is 7. The van der Waals surface area contributed by atoms with Crippen molar-refractivity contribution >= 4 is 17.3 Å². The number of aromatic nitrogens is 2. The molecule has 1 heterocycles. The van der Waals surface area contributed by atoms with Gasteiger partial charge in [0.05, 0.1) is 16.8 Å². The van der Waals surface area contributed by atoms with Crippen LogP contribution in [0, 0.1) is 11.8 Å². The second-order valence-corrected chi connectivity index (χ2v) is 7.15. The van der Waals surface area contributed by atoms with Gasteiger partial charge >= 0.3 is 0 Å². The third-order valence-electron chi connectivity index (χ3n) is 3.62. The van der Waals surface area contributed by atoms with E-state index in [0.717, 1.165) is 12.8 Å². The Hall–Kier alpha value is -1.07. The molecule has 1 saturated carbocycles. The maximum absolute atomic E-state index is 12.4. The minimum atomic E-state index is -0.880. The van der Waals surface area contributed by atoms with Gasteiger partial charge in [-0.25, -0.2) is 4.68 Å². The fraction of sp³-hybridized carbons (Fsp3) is 0.733. The van der Waals surface area contributed by atoms with E-state index in [2.05, 4.69) is 24.3 Å². The normalized spacial score (nSPS) is 17.8. The molecule has 1 aliphatic carbocycles. The molecule has 1 aromatic rings. The molecule has 21 heavy (non-hydrogen) atoms. The average Bonchev–Trinajstić information content (AvgIpc) is 3.15. The number of nitrogens with zero attached hydrogens (tertiary/aromatic N) is 2. The number of anilines is 1. The molecule has 2 N–H and O–H groups in total. The summed E-state index contributed by atoms with van der Waals surface area (Å²) in [5.74, 6) is 0.939. The van der Waals surface area contributed by atoms with E-state index in [1.165, 1.54) is 10.9 Å². The lowest BCUT2D eigenvalue weighted by Crippen LogP contribution is -2.37. The Labute approximate surface area is 130 Å². The van der Waals surface area contributed by atoms with Gasteiger partial charge in [-0.2, -0.15) is 5.10 Å². The van der Waals surface area contributed by atoms with Gasteiger partial charge in [0.2, 0.25) is 0 Å². The highest BCUT2D eigenvalue weighted by molar-refractivity contribution is 6.32. The van der Waals surface area contributed by atoms with Crippen LogP contribution in [0.3, 0.4) is 0 Å². The van der Waals surface area contributed by atoms with Gasteiger partial charge < -0.3 is 10.4 Å². The highest BCUT2D eigenvalue weighted by Gasteiger charge is 2.25. The fourth-order valence-corrected chi connectivity index (χ4v) is 2.73. The second kappa shape index (κ2) is 6.36. The Morgan fingerprint density at radius 3 is 2.81 bits per heavy atom. The van der Waals surface area contributed by atoms with Gasteiger partial charge in [0.15, 0.2) is 0 Å². The SMILES string of the molecule is CC(C)CC(C)(O)CNc1c(Cl)cnn(CC2CC2)c1=O. The van der Waals surface area contributed by atoms with Crippen molar-refractivity contribution in [2.24, 2.45) is 11.8 Å². The monoisotopic (exact) mass is 313 g/mol. The lowest BCUT2D eigenvalue weighted by Gasteiger charge is -2.26. The molecule has 1 unspecified atom stereocenters. The minimum absolute atomic E-state index is 0.213. The summed E-state index contributed by atoms with van der Waals surface area (Å²) in [7, 11) is 0. The summed E-state index contributed by atoms with van der Waals surface area (Å²) in [4.78, 5) is 12.4. The zero-order valence-electron chi connectivity index (χ0n) is 12.9. The van der Waals surface area contributed by atoms with Crippen molar-refractivity contribution in [3.05, 3.63) is 21.6 Å². The van der Waals surface area contributed by atoms with Gasteiger partial charge in [-0.15, -0.1) is 0 Å². The van der Waals surface area contributed by atoms with Gasteiger partial charge in [-0.1, -0.05) is 25.4 Å². The van der Waals surface area contributed by atoms with Crippen molar-refractivity contribution in [3.8, 4) is 0 Å². The molecule has 1 aromatic heterocycles. The van der Waals surface area contributed by atoms with Crippen molar-refractivity contribution in [1.82, 2.24) is 9.78 Å². The second-order valence-electron chi connectivity index (χ2n) is 6.75. The molecule has 0 spiro atoms. The first kappa shape index (κ1) is 16.3. The van der Waals surface area contributed by atoms with E-state index < -0.39 is 5.60 Å². The molecule has 0 aliphatic heterocycles. The summed E-state index contributed by atoms with van der Waals surface area (Å²) < 4.78 is 1.46. The van der Waals surface area contributed by atoms with Crippen LogP contribution in [0.25, 0.3) is 0 Å². The van der Waals surface area contributed by atoms with Gasteiger partial charge in [0.1, 0.15) is 5.69 Å². The number of halogens is 1. The van der Waals surface area contributed by atoms with Crippen LogP contribution < -0.4 is 10.9 Å². The first-order valence-corrected chi connectivity index (χ1v) is 7.88. The first-order valence-electron chi connectivity index (χ1n) is 7.50. The summed E-state index contributed by atoms with van der Waals surface area (Å²) in [5, 5.41) is 17.7. The zero-order chi connectivity index (χ0) is 15.6. The Morgan fingerprint density at radius 2 is 2.24 bits per heavy atom. The molecule has 2 rings (SSSR count). The standard InChI is InChI=1S/C15H24ClN3O2/c1-10(2)6-15(3,21)9-17-13-12(16)7-18-19(14(13)20)8-11-4-5-11/h7,10-11,17,21H,4-6,8-9H2,1-3H3. The van der Waals surface area contributed by atoms with Crippen LogP contribution in [0.15, 0.2) is 11.0 Å². The van der Waals surface area contributed by atoms with E-state index in [0.29, 0.717) is 35.5 Å². The third kappa shape index (κ3) is 4.71. The van der Waals surface area contributed by atoms with Crippen molar-refractivity contribution in [2.45, 2.75) is 52.2 Å². The molecule has 6 heteroatoms. The number of hydrogen-bond donors (Lipinski definition) is 2. The maximum atomic E-state index is 12.4. The van der Waals surface area contributed by atoms with E-state index in [9.17, 15) is 9.90 Å². The summed E-state index contributed by atoms with van der Waals surface area (Å²) in [6.07, 6.45) is 4.45. The van der Waals surface area contributed by atoms with Crippen LogP contribution in [0.4, 0.5) is 5.69 Å². The van der Waals surface area contributed by atoms with Crippen LogP contribution in [-0.4, -0.2) is 27.0 Å². The van der Waals surface area contributed by atoms with Crippen LogP contribution in [0.1, 0.15) is 40.0 Å². The molecule has 1 atom stereocenters. The predicted octanol–water partition coefficient (Wildman–Crippen LogP) is 2.52. The Bertz CT molecular complexity index is 550. The number of hydrogen-bond acceptors (Lipinski definition) is 4. The Morgan fingerprint density at radius 1 is 1.57 bits per heavy atom. The Kier molecular flexibility index (Phi) is 4.94. The lowest BCUT2D eigenvalue weighted by molar-refractivity contribution is 0.0515. The minimum Gasteiger partial charge on any atom is -0.388 e. The van der Waals surface area contributed by atoms with E-state index >= 15 is 0 Å². The molecule has 1 fully saturated rings. The van der Waals surface area contributed by atoms with Crippen LogP contribution in [0.2, 0.25) is 5.02 Å². The number of aliphatic hydroxyl groups is 1. The van der Waals surface area contributed by atoms with E-state index in [1.54, 1.807) is 6.92 Å². The van der Waals surface area contributed by atoms with E-state index in [4.69, 9.17) is 11.6 Å². The molecule has 0 bridgehead atoms. The maximum Gasteiger partial charge on any atom is 0.291 e. The molecular weight excluding hydrogens is 290 g/mol. The molecular formula is C15H24ClN3O2. The van der Waals surface area contributed by atoms with Gasteiger partial charge in [-0.3, -0.25) is 4.79 Å². The molecule has 0 radical (unpaired) electrons. The number of nitrogens with one attached hydrogen (secondary N) is 1. The topological polar surface area (TPSA) is 67.2 Å². The van der Waals surface area contributed by atoms with Crippen molar-refractivity contribution in [2.75, 3.05) is 11.9 Å². The van der Waals surface area contributed by atoms with Gasteiger partial charge in [-0.05, 0) is 38.0 Å². The molecule has 5 nitrogen and oxygen atoms in total. The van der Waals surface area contributed by atoms with Crippen LogP contribution in [-0.2, 0) is 6.54 Å². The molecule has 0 saturated heterocycles. The van der Waals surface area contributed by atoms with Crippen LogP contribution in [0.5, 0.6) is 0 Å². The zero-order valence-corrected chi connectivity index (χ0v) is 13.7. The first-order chi connectivity index (χ1) is 9.78.